The molecule has 0 unspecified atom stereocenters. The van der Waals surface area contributed by atoms with Gasteiger partial charge in [-0.05, 0) is 31.0 Å². The van der Waals surface area contributed by atoms with Gasteiger partial charge < -0.3 is 15.5 Å². The molecular weight excluding hydrogens is 389 g/mol. The molecule has 0 aliphatic carbocycles. The number of rotatable bonds is 3. The Morgan fingerprint density at radius 1 is 1.22 bits per heavy atom. The number of anilines is 1. The van der Waals surface area contributed by atoms with E-state index in [0.29, 0.717) is 28.5 Å². The maximum atomic E-state index is 12.8. The van der Waals surface area contributed by atoms with Crippen LogP contribution in [-0.2, 0) is 13.0 Å². The average Bonchev–Trinajstić information content (AvgIpc) is 3.32. The van der Waals surface area contributed by atoms with Crippen LogP contribution in [0.4, 0.5) is 5.69 Å². The van der Waals surface area contributed by atoms with Crippen molar-refractivity contribution in [2.45, 2.75) is 25.8 Å². The molecule has 0 spiro atoms. The fraction of sp³-hybridized carbons (Fsp3) is 0.389. The van der Waals surface area contributed by atoms with Gasteiger partial charge in [-0.15, -0.1) is 12.4 Å². The monoisotopic (exact) mass is 409 g/mol. The molecular formula is C18H21Cl2N5O2. The summed E-state index contributed by atoms with van der Waals surface area (Å²) >= 11 is 6.09. The minimum Gasteiger partial charge on any atom is -0.339 e. The molecule has 1 saturated heterocycles. The topological polar surface area (TPSA) is 90.1 Å². The summed E-state index contributed by atoms with van der Waals surface area (Å²) in [5.41, 5.74) is 3.10. The normalized spacial score (nSPS) is 15.8. The van der Waals surface area contributed by atoms with Crippen LogP contribution in [0.1, 0.15) is 44.9 Å². The van der Waals surface area contributed by atoms with Crippen LogP contribution in [0.15, 0.2) is 18.2 Å². The van der Waals surface area contributed by atoms with E-state index >= 15 is 0 Å². The van der Waals surface area contributed by atoms with Gasteiger partial charge in [-0.2, -0.15) is 5.10 Å². The smallest absolute Gasteiger partial charge is 0.276 e. The molecule has 9 heteroatoms. The van der Waals surface area contributed by atoms with E-state index in [1.165, 1.54) is 0 Å². The van der Waals surface area contributed by atoms with Gasteiger partial charge >= 0.3 is 0 Å². The van der Waals surface area contributed by atoms with Gasteiger partial charge in [0.2, 0.25) is 0 Å². The quantitative estimate of drug-likeness (QED) is 0.726. The second kappa shape index (κ2) is 8.29. The summed E-state index contributed by atoms with van der Waals surface area (Å²) in [5.74, 6) is -0.435. The standard InChI is InChI=1S/C18H20ClN5O2.ClH/c19-11-3-4-14(12(9-11)18(26)24-7-1-2-8-24)21-17(25)16-13-10-20-6-5-15(13)22-23-16;/h3-4,9,20H,1-2,5-8,10H2,(H,21,25)(H,22,23);1H. The molecule has 144 valence electrons. The molecule has 0 bridgehead atoms. The van der Waals surface area contributed by atoms with Gasteiger partial charge in [0.1, 0.15) is 0 Å². The summed E-state index contributed by atoms with van der Waals surface area (Å²) in [7, 11) is 0. The maximum absolute atomic E-state index is 12.8. The van der Waals surface area contributed by atoms with E-state index < -0.39 is 0 Å². The number of nitrogens with zero attached hydrogens (tertiary/aromatic N) is 2. The maximum Gasteiger partial charge on any atom is 0.276 e. The van der Waals surface area contributed by atoms with Crippen molar-refractivity contribution in [3.8, 4) is 0 Å². The average molecular weight is 410 g/mol. The highest BCUT2D eigenvalue weighted by Crippen LogP contribution is 2.25. The zero-order chi connectivity index (χ0) is 18.1. The van der Waals surface area contributed by atoms with Crippen LogP contribution in [0.2, 0.25) is 5.02 Å². The Hall–Kier alpha value is -2.09. The van der Waals surface area contributed by atoms with Gasteiger partial charge in [0.25, 0.3) is 11.8 Å². The minimum absolute atomic E-state index is 0. The molecule has 1 aromatic carbocycles. The highest BCUT2D eigenvalue weighted by molar-refractivity contribution is 6.31. The number of hydrogen-bond acceptors (Lipinski definition) is 4. The predicted molar refractivity (Wildman–Crippen MR) is 106 cm³/mol. The summed E-state index contributed by atoms with van der Waals surface area (Å²) < 4.78 is 0. The molecule has 2 aromatic rings. The van der Waals surface area contributed by atoms with E-state index in [1.807, 2.05) is 0 Å². The van der Waals surface area contributed by atoms with E-state index in [2.05, 4.69) is 20.8 Å². The first-order valence-corrected chi connectivity index (χ1v) is 9.18. The minimum atomic E-state index is -0.330. The second-order valence-corrected chi connectivity index (χ2v) is 7.04. The summed E-state index contributed by atoms with van der Waals surface area (Å²) in [6.45, 7) is 2.94. The zero-order valence-electron chi connectivity index (χ0n) is 14.7. The number of carbonyl (C=O) groups is 2. The number of aromatic amines is 1. The fourth-order valence-electron chi connectivity index (χ4n) is 3.49. The number of halogens is 2. The van der Waals surface area contributed by atoms with Crippen LogP contribution in [0.3, 0.4) is 0 Å². The van der Waals surface area contributed by atoms with Gasteiger partial charge in [0, 0.05) is 48.9 Å². The summed E-state index contributed by atoms with van der Waals surface area (Å²) in [5, 5.41) is 13.6. The van der Waals surface area contributed by atoms with Crippen LogP contribution in [0.25, 0.3) is 0 Å². The van der Waals surface area contributed by atoms with E-state index in [9.17, 15) is 9.59 Å². The number of likely N-dealkylation sites (tertiary alicyclic amines) is 1. The highest BCUT2D eigenvalue weighted by atomic mass is 35.5. The van der Waals surface area contributed by atoms with E-state index in [0.717, 1.165) is 50.2 Å². The molecule has 0 saturated carbocycles. The van der Waals surface area contributed by atoms with Gasteiger partial charge in [0.15, 0.2) is 5.69 Å². The first-order chi connectivity index (χ1) is 12.6. The number of H-pyrrole nitrogens is 1. The van der Waals surface area contributed by atoms with Crippen molar-refractivity contribution in [2.75, 3.05) is 25.0 Å². The van der Waals surface area contributed by atoms with Gasteiger partial charge in [-0.1, -0.05) is 11.6 Å². The van der Waals surface area contributed by atoms with Gasteiger partial charge in [-0.25, -0.2) is 0 Å². The number of nitrogens with one attached hydrogen (secondary N) is 3. The summed E-state index contributed by atoms with van der Waals surface area (Å²) in [6.07, 6.45) is 2.82. The van der Waals surface area contributed by atoms with Crippen LogP contribution in [0, 0.1) is 0 Å². The molecule has 2 aliphatic heterocycles. The second-order valence-electron chi connectivity index (χ2n) is 6.60. The number of benzene rings is 1. The first-order valence-electron chi connectivity index (χ1n) is 8.80. The number of amides is 2. The molecule has 2 amide bonds. The Morgan fingerprint density at radius 3 is 2.78 bits per heavy atom. The van der Waals surface area contributed by atoms with Crippen molar-refractivity contribution in [3.63, 3.8) is 0 Å². The number of fused-ring (bicyclic) bond motifs is 1. The summed E-state index contributed by atoms with van der Waals surface area (Å²) in [6, 6.07) is 4.94. The lowest BCUT2D eigenvalue weighted by Crippen LogP contribution is -2.29. The predicted octanol–water partition coefficient (Wildman–Crippen LogP) is 2.62. The van der Waals surface area contributed by atoms with Crippen molar-refractivity contribution in [1.82, 2.24) is 20.4 Å². The third kappa shape index (κ3) is 3.95. The van der Waals surface area contributed by atoms with Crippen LogP contribution < -0.4 is 10.6 Å². The van der Waals surface area contributed by atoms with Crippen molar-refractivity contribution >= 4 is 41.5 Å². The Morgan fingerprint density at radius 2 is 2.00 bits per heavy atom. The van der Waals surface area contributed by atoms with Crippen LogP contribution >= 0.6 is 24.0 Å². The molecule has 1 aromatic heterocycles. The Labute approximate surface area is 168 Å². The SMILES string of the molecule is Cl.O=C(Nc1ccc(Cl)cc1C(=O)N1CCCC1)c1n[nH]c2c1CNCC2. The van der Waals surface area contributed by atoms with Gasteiger partial charge in [-0.3, -0.25) is 14.7 Å². The lowest BCUT2D eigenvalue weighted by molar-refractivity contribution is 0.0794. The molecule has 0 radical (unpaired) electrons. The molecule has 3 heterocycles. The zero-order valence-corrected chi connectivity index (χ0v) is 16.3. The van der Waals surface area contributed by atoms with E-state index in [1.54, 1.807) is 23.1 Å². The van der Waals surface area contributed by atoms with Crippen LogP contribution in [-0.4, -0.2) is 46.5 Å². The van der Waals surface area contributed by atoms with Gasteiger partial charge in [0.05, 0.1) is 11.3 Å². The summed E-state index contributed by atoms with van der Waals surface area (Å²) in [4.78, 5) is 27.3. The first kappa shape index (κ1) is 19.7. The molecule has 7 nitrogen and oxygen atoms in total. The molecule has 27 heavy (non-hydrogen) atoms. The third-order valence-electron chi connectivity index (χ3n) is 4.87. The highest BCUT2D eigenvalue weighted by Gasteiger charge is 2.25. The number of hydrogen-bond donors (Lipinski definition) is 3. The Bertz CT molecular complexity index is 861. The number of carbonyl (C=O) groups excluding carboxylic acids is 2. The molecule has 3 N–H and O–H groups in total. The Kier molecular flexibility index (Phi) is 6.04. The van der Waals surface area contributed by atoms with Crippen molar-refractivity contribution in [1.29, 1.82) is 0 Å². The van der Waals surface area contributed by atoms with Crippen LogP contribution in [0.5, 0.6) is 0 Å². The van der Waals surface area contributed by atoms with Crippen molar-refractivity contribution in [3.05, 3.63) is 45.7 Å². The van der Waals surface area contributed by atoms with E-state index in [-0.39, 0.29) is 24.2 Å². The molecule has 1 fully saturated rings. The fourth-order valence-corrected chi connectivity index (χ4v) is 3.66. The lowest BCUT2D eigenvalue weighted by Gasteiger charge is -2.18. The third-order valence-corrected chi connectivity index (χ3v) is 5.11. The molecule has 0 atom stereocenters. The largest absolute Gasteiger partial charge is 0.339 e. The molecule has 2 aliphatic rings. The van der Waals surface area contributed by atoms with E-state index in [4.69, 9.17) is 11.6 Å². The Balaban J connectivity index is 0.00000210. The van der Waals surface area contributed by atoms with Crippen molar-refractivity contribution in [2.24, 2.45) is 0 Å². The molecule has 4 rings (SSSR count). The number of aromatic nitrogens is 2. The lowest BCUT2D eigenvalue weighted by atomic mass is 10.1. The van der Waals surface area contributed by atoms with Crippen molar-refractivity contribution < 1.29 is 9.59 Å².